The standard InChI is InChI=1S/C27H33N2.Pb/c1-25-13-5-4-8-24(25)28-22-11-9-18(16-20(22)25)19-10-12-23-21(17-19)26(2)14-6-7-15-27(26,3)29-23;/h9-12,16-17,28-29H,4-8,13-15H2,1-3H3;. The molecule has 6 rings (SSSR count). The molecule has 0 amide bonds. The third kappa shape index (κ3) is 2.40. The predicted octanol–water partition coefficient (Wildman–Crippen LogP) is 6.49. The Kier molecular flexibility index (Phi) is 4.10. The van der Waals surface area contributed by atoms with Crippen molar-refractivity contribution in [3.8, 4) is 11.1 Å². The van der Waals surface area contributed by atoms with Gasteiger partial charge in [-0.2, -0.15) is 0 Å². The molecule has 2 aromatic rings. The summed E-state index contributed by atoms with van der Waals surface area (Å²) in [6, 6.07) is 14.5. The van der Waals surface area contributed by atoms with Crippen LogP contribution < -0.4 is 10.6 Å². The van der Waals surface area contributed by atoms with Gasteiger partial charge in [0.25, 0.3) is 0 Å². The normalized spacial score (nSPS) is 38.7. The number of hydrogen-bond donors (Lipinski definition) is 2. The van der Waals surface area contributed by atoms with E-state index in [0.717, 1.165) is 0 Å². The van der Waals surface area contributed by atoms with Crippen LogP contribution in [0.25, 0.3) is 11.1 Å². The van der Waals surface area contributed by atoms with Gasteiger partial charge in [-0.25, -0.2) is 0 Å². The SMILES string of the molecule is CC12CCCCC1(C)c1cc(-c3ccc4c(c3)C3(C)CCCC[C]3([Pb])N4)ccc1N2. The number of rotatable bonds is 1. The molecule has 2 fully saturated rings. The quantitative estimate of drug-likeness (QED) is 0.370. The maximum atomic E-state index is 3.97. The van der Waals surface area contributed by atoms with Crippen LogP contribution in [0, 0.1) is 0 Å². The summed E-state index contributed by atoms with van der Waals surface area (Å²) in [5, 5.41) is 7.89. The molecule has 2 aromatic carbocycles. The molecule has 2 nitrogen and oxygen atoms in total. The van der Waals surface area contributed by atoms with E-state index in [1.54, 1.807) is 11.1 Å². The average molecular weight is 593 g/mol. The molecule has 4 aliphatic rings. The van der Waals surface area contributed by atoms with Crippen LogP contribution in [0.15, 0.2) is 36.4 Å². The number of fused-ring (bicyclic) bond motifs is 6. The van der Waals surface area contributed by atoms with Gasteiger partial charge < -0.3 is 0 Å². The van der Waals surface area contributed by atoms with Crippen LogP contribution >= 0.6 is 0 Å². The second-order valence-corrected chi connectivity index (χ2v) is 14.4. The molecule has 2 aliphatic heterocycles. The zero-order valence-electron chi connectivity index (χ0n) is 18.6. The van der Waals surface area contributed by atoms with Crippen molar-refractivity contribution < 1.29 is 0 Å². The summed E-state index contributed by atoms with van der Waals surface area (Å²) in [6.45, 7) is 7.48. The van der Waals surface area contributed by atoms with E-state index in [4.69, 9.17) is 0 Å². The van der Waals surface area contributed by atoms with E-state index in [9.17, 15) is 0 Å². The molecular weight excluding hydrogens is 560 g/mol. The zero-order valence-corrected chi connectivity index (χ0v) is 22.5. The van der Waals surface area contributed by atoms with E-state index in [1.807, 2.05) is 0 Å². The summed E-state index contributed by atoms with van der Waals surface area (Å²) >= 11 is 1.20. The predicted molar refractivity (Wildman–Crippen MR) is 128 cm³/mol. The van der Waals surface area contributed by atoms with Gasteiger partial charge in [0.15, 0.2) is 0 Å². The van der Waals surface area contributed by atoms with Crippen molar-refractivity contribution in [3.05, 3.63) is 47.5 Å². The van der Waals surface area contributed by atoms with Crippen molar-refractivity contribution in [1.29, 1.82) is 0 Å². The Morgan fingerprint density at radius 2 is 1.20 bits per heavy atom. The van der Waals surface area contributed by atoms with E-state index in [2.05, 4.69) is 67.8 Å². The first-order valence-electron chi connectivity index (χ1n) is 11.9. The molecule has 0 spiro atoms. The van der Waals surface area contributed by atoms with Crippen LogP contribution in [0.3, 0.4) is 0 Å². The fourth-order valence-electron chi connectivity index (χ4n) is 7.17. The van der Waals surface area contributed by atoms with Gasteiger partial charge in [0.05, 0.1) is 0 Å². The Morgan fingerprint density at radius 1 is 0.667 bits per heavy atom. The molecule has 2 saturated carbocycles. The van der Waals surface area contributed by atoms with Gasteiger partial charge >= 0.3 is 198 Å². The van der Waals surface area contributed by atoms with Crippen LogP contribution in [0.2, 0.25) is 0 Å². The van der Waals surface area contributed by atoms with E-state index in [1.165, 1.54) is 99.6 Å². The molecule has 155 valence electrons. The number of anilines is 2. The van der Waals surface area contributed by atoms with Crippen LogP contribution in [0.1, 0.15) is 83.3 Å². The second kappa shape index (κ2) is 6.26. The van der Waals surface area contributed by atoms with Gasteiger partial charge in [-0.3, -0.25) is 0 Å². The van der Waals surface area contributed by atoms with E-state index >= 15 is 0 Å². The first-order valence-corrected chi connectivity index (χ1v) is 13.8. The molecule has 2 N–H and O–H groups in total. The Balaban J connectivity index is 1.44. The number of hydrogen-bond acceptors (Lipinski definition) is 2. The molecule has 0 saturated heterocycles. The van der Waals surface area contributed by atoms with Crippen LogP contribution in [0.4, 0.5) is 11.4 Å². The maximum absolute atomic E-state index is 3.97. The van der Waals surface area contributed by atoms with Gasteiger partial charge in [0, 0.05) is 0 Å². The first kappa shape index (κ1) is 19.6. The Bertz CT molecular complexity index is 964. The third-order valence-electron chi connectivity index (χ3n) is 9.56. The molecule has 4 unspecified atom stereocenters. The molecule has 30 heavy (non-hydrogen) atoms. The molecule has 3 heteroatoms. The zero-order chi connectivity index (χ0) is 20.8. The summed E-state index contributed by atoms with van der Waals surface area (Å²) < 4.78 is 0.339. The Labute approximate surface area is 197 Å². The fourth-order valence-corrected chi connectivity index (χ4v) is 9.39. The van der Waals surface area contributed by atoms with E-state index in [0.29, 0.717) is 8.51 Å². The van der Waals surface area contributed by atoms with Crippen molar-refractivity contribution in [2.24, 2.45) is 0 Å². The van der Waals surface area contributed by atoms with Crippen molar-refractivity contribution in [3.63, 3.8) is 0 Å². The van der Waals surface area contributed by atoms with Crippen LogP contribution in [0.5, 0.6) is 0 Å². The number of nitrogens with one attached hydrogen (secondary N) is 2. The summed E-state index contributed by atoms with van der Waals surface area (Å²) in [6.07, 6.45) is 10.7. The molecule has 2 aliphatic carbocycles. The van der Waals surface area contributed by atoms with Crippen molar-refractivity contribution in [2.75, 3.05) is 10.6 Å². The van der Waals surface area contributed by atoms with Crippen molar-refractivity contribution in [2.45, 2.75) is 91.6 Å². The molecular formula is C27H33N2Pb. The second-order valence-electron chi connectivity index (χ2n) is 11.1. The fraction of sp³-hybridized carbons (Fsp3) is 0.556. The van der Waals surface area contributed by atoms with Crippen LogP contribution in [-0.2, 0) is 10.8 Å². The average Bonchev–Trinajstić information content (AvgIpc) is 3.11. The summed E-state index contributed by atoms with van der Waals surface area (Å²) in [4.78, 5) is 0. The van der Waals surface area contributed by atoms with Crippen molar-refractivity contribution in [1.82, 2.24) is 0 Å². The topological polar surface area (TPSA) is 24.1 Å². The minimum atomic E-state index is 0.204. The third-order valence-corrected chi connectivity index (χ3v) is 13.2. The summed E-state index contributed by atoms with van der Waals surface area (Å²) in [5.74, 6) is 0. The van der Waals surface area contributed by atoms with Crippen LogP contribution in [-0.4, -0.2) is 34.4 Å². The number of benzene rings is 2. The molecule has 2 heterocycles. The Morgan fingerprint density at radius 3 is 1.90 bits per heavy atom. The van der Waals surface area contributed by atoms with Gasteiger partial charge in [-0.05, 0) is 0 Å². The van der Waals surface area contributed by atoms with Gasteiger partial charge in [-0.1, -0.05) is 0 Å². The summed E-state index contributed by atoms with van der Waals surface area (Å²) in [5.41, 5.74) is 9.41. The van der Waals surface area contributed by atoms with E-state index in [-0.39, 0.29) is 11.0 Å². The molecule has 3 radical (unpaired) electrons. The first-order chi connectivity index (χ1) is 14.3. The molecule has 0 bridgehead atoms. The van der Waals surface area contributed by atoms with Gasteiger partial charge in [0.1, 0.15) is 0 Å². The Hall–Kier alpha value is -1.04. The molecule has 0 aromatic heterocycles. The monoisotopic (exact) mass is 593 g/mol. The molecule has 4 atom stereocenters. The minimum absolute atomic E-state index is 0.204. The van der Waals surface area contributed by atoms with Crippen molar-refractivity contribution >= 4 is 37.1 Å². The van der Waals surface area contributed by atoms with Gasteiger partial charge in [0.2, 0.25) is 0 Å². The van der Waals surface area contributed by atoms with E-state index < -0.39 is 0 Å². The van der Waals surface area contributed by atoms with Gasteiger partial charge in [-0.15, -0.1) is 0 Å². The summed E-state index contributed by atoms with van der Waals surface area (Å²) in [7, 11) is 0.